The Balaban J connectivity index is 2.00. The zero-order valence-electron chi connectivity index (χ0n) is 14.2. The topological polar surface area (TPSA) is 71.1 Å². The molecule has 2 aromatic rings. The molecule has 0 spiro atoms. The highest BCUT2D eigenvalue weighted by molar-refractivity contribution is 6.31. The first kappa shape index (κ1) is 18.9. The Morgan fingerprint density at radius 2 is 1.92 bits per heavy atom. The first-order valence-electron chi connectivity index (χ1n) is 7.67. The van der Waals surface area contributed by atoms with Gasteiger partial charge in [0, 0.05) is 28.7 Å². The zero-order valence-corrected chi connectivity index (χ0v) is 14.9. The molecular weight excluding hydrogens is 345 g/mol. The van der Waals surface area contributed by atoms with Crippen LogP contribution in [-0.2, 0) is 11.3 Å². The molecule has 0 aliphatic carbocycles. The smallest absolute Gasteiger partial charge is 0.253 e. The summed E-state index contributed by atoms with van der Waals surface area (Å²) in [5.41, 5.74) is -0.0303. The van der Waals surface area contributed by atoms with Gasteiger partial charge in [0.2, 0.25) is 5.91 Å². The number of halogens is 2. The molecule has 0 radical (unpaired) electrons. The predicted molar refractivity (Wildman–Crippen MR) is 94.9 cm³/mol. The van der Waals surface area contributed by atoms with Crippen molar-refractivity contribution in [2.45, 2.75) is 27.3 Å². The second-order valence-electron chi connectivity index (χ2n) is 6.52. The van der Waals surface area contributed by atoms with Gasteiger partial charge in [0.25, 0.3) is 5.91 Å². The molecule has 2 N–H and O–H groups in total. The molecule has 0 saturated carbocycles. The Labute approximate surface area is 150 Å². The van der Waals surface area contributed by atoms with Gasteiger partial charge in [0.05, 0.1) is 5.56 Å². The summed E-state index contributed by atoms with van der Waals surface area (Å²) >= 11 is 5.92. The van der Waals surface area contributed by atoms with E-state index >= 15 is 0 Å². The van der Waals surface area contributed by atoms with Crippen molar-refractivity contribution in [3.63, 3.8) is 0 Å². The lowest BCUT2D eigenvalue weighted by Gasteiger charge is -2.17. The van der Waals surface area contributed by atoms with Crippen LogP contribution < -0.4 is 10.6 Å². The van der Waals surface area contributed by atoms with Gasteiger partial charge in [0.1, 0.15) is 11.6 Å². The molecule has 132 valence electrons. The number of nitrogens with zero attached hydrogens (tertiary/aromatic N) is 1. The number of carbonyl (C=O) groups is 2. The summed E-state index contributed by atoms with van der Waals surface area (Å²) in [6.45, 7) is 5.33. The molecule has 7 heteroatoms. The summed E-state index contributed by atoms with van der Waals surface area (Å²) in [6.07, 6.45) is 1.34. The number of hydrogen-bond donors (Lipinski definition) is 2. The first-order chi connectivity index (χ1) is 11.7. The Morgan fingerprint density at radius 1 is 1.20 bits per heavy atom. The number of hydrogen-bond acceptors (Lipinski definition) is 3. The number of anilines is 1. The van der Waals surface area contributed by atoms with Gasteiger partial charge in [-0.2, -0.15) is 0 Å². The minimum atomic E-state index is -0.545. The monoisotopic (exact) mass is 363 g/mol. The van der Waals surface area contributed by atoms with Crippen molar-refractivity contribution in [1.29, 1.82) is 0 Å². The van der Waals surface area contributed by atoms with Gasteiger partial charge in [-0.3, -0.25) is 9.59 Å². The second kappa shape index (κ2) is 7.61. The van der Waals surface area contributed by atoms with Crippen molar-refractivity contribution in [3.05, 3.63) is 58.5 Å². The van der Waals surface area contributed by atoms with Gasteiger partial charge in [0.15, 0.2) is 0 Å². The minimum absolute atomic E-state index is 0.0349. The molecule has 0 fully saturated rings. The Bertz CT molecular complexity index is 766. The van der Waals surface area contributed by atoms with Crippen LogP contribution in [0.5, 0.6) is 0 Å². The summed E-state index contributed by atoms with van der Waals surface area (Å²) in [7, 11) is 0. The standard InChI is InChI=1S/C18H19ClFN3O2/c1-18(2,3)17(25)23-15-8-7-11(9-21-15)16(24)22-10-12-13(19)5-4-6-14(12)20/h4-9H,10H2,1-3H3,(H,22,24)(H,21,23,25). The molecular formula is C18H19ClFN3O2. The summed E-state index contributed by atoms with van der Waals surface area (Å²) in [4.78, 5) is 28.1. The zero-order chi connectivity index (χ0) is 18.6. The van der Waals surface area contributed by atoms with Crippen molar-refractivity contribution in [3.8, 4) is 0 Å². The number of aromatic nitrogens is 1. The van der Waals surface area contributed by atoms with E-state index < -0.39 is 17.1 Å². The van der Waals surface area contributed by atoms with E-state index in [0.29, 0.717) is 11.4 Å². The molecule has 0 aliphatic rings. The van der Waals surface area contributed by atoms with Crippen LogP contribution in [0.4, 0.5) is 10.2 Å². The van der Waals surface area contributed by atoms with Gasteiger partial charge in [-0.15, -0.1) is 0 Å². The van der Waals surface area contributed by atoms with Crippen molar-refractivity contribution in [1.82, 2.24) is 10.3 Å². The quantitative estimate of drug-likeness (QED) is 0.868. The van der Waals surface area contributed by atoms with Gasteiger partial charge in [-0.1, -0.05) is 38.4 Å². The van der Waals surface area contributed by atoms with Gasteiger partial charge in [-0.05, 0) is 24.3 Å². The molecule has 0 saturated heterocycles. The molecule has 25 heavy (non-hydrogen) atoms. The average Bonchev–Trinajstić information content (AvgIpc) is 2.54. The van der Waals surface area contributed by atoms with Gasteiger partial charge in [-0.25, -0.2) is 9.37 Å². The Kier molecular flexibility index (Phi) is 5.74. The van der Waals surface area contributed by atoms with Crippen LogP contribution in [0.15, 0.2) is 36.5 Å². The van der Waals surface area contributed by atoms with Crippen LogP contribution in [0.25, 0.3) is 0 Å². The van der Waals surface area contributed by atoms with Crippen molar-refractivity contribution in [2.75, 3.05) is 5.32 Å². The normalized spacial score (nSPS) is 11.1. The fourth-order valence-electron chi connectivity index (χ4n) is 1.88. The lowest BCUT2D eigenvalue weighted by Crippen LogP contribution is -2.28. The highest BCUT2D eigenvalue weighted by Gasteiger charge is 2.21. The van der Waals surface area contributed by atoms with Gasteiger partial charge >= 0.3 is 0 Å². The van der Waals surface area contributed by atoms with E-state index in [-0.39, 0.29) is 23.0 Å². The van der Waals surface area contributed by atoms with Crippen LogP contribution in [0.2, 0.25) is 5.02 Å². The molecule has 0 bridgehead atoms. The molecule has 0 aliphatic heterocycles. The third-order valence-corrected chi connectivity index (χ3v) is 3.79. The summed E-state index contributed by atoms with van der Waals surface area (Å²) in [5.74, 6) is -0.716. The first-order valence-corrected chi connectivity index (χ1v) is 8.05. The van der Waals surface area contributed by atoms with E-state index in [0.717, 1.165) is 0 Å². The van der Waals surface area contributed by atoms with Gasteiger partial charge < -0.3 is 10.6 Å². The fraction of sp³-hybridized carbons (Fsp3) is 0.278. The third-order valence-electron chi connectivity index (χ3n) is 3.44. The molecule has 0 atom stereocenters. The molecule has 1 aromatic carbocycles. The van der Waals surface area contributed by atoms with Crippen LogP contribution in [0.1, 0.15) is 36.7 Å². The fourth-order valence-corrected chi connectivity index (χ4v) is 2.11. The average molecular weight is 364 g/mol. The molecule has 0 unspecified atom stereocenters. The predicted octanol–water partition coefficient (Wildman–Crippen LogP) is 3.79. The van der Waals surface area contributed by atoms with E-state index in [1.807, 2.05) is 0 Å². The maximum Gasteiger partial charge on any atom is 0.253 e. The largest absolute Gasteiger partial charge is 0.348 e. The number of rotatable bonds is 4. The number of pyridine rings is 1. The van der Waals surface area contributed by atoms with E-state index in [2.05, 4.69) is 15.6 Å². The minimum Gasteiger partial charge on any atom is -0.348 e. The maximum atomic E-state index is 13.7. The summed E-state index contributed by atoms with van der Waals surface area (Å²) < 4.78 is 13.7. The summed E-state index contributed by atoms with van der Waals surface area (Å²) in [6, 6.07) is 7.40. The number of benzene rings is 1. The number of nitrogens with one attached hydrogen (secondary N) is 2. The SMILES string of the molecule is CC(C)(C)C(=O)Nc1ccc(C(=O)NCc2c(F)cccc2Cl)cn1. The van der Waals surface area contributed by atoms with Crippen LogP contribution >= 0.6 is 11.6 Å². The van der Waals surface area contributed by atoms with Crippen molar-refractivity contribution >= 4 is 29.2 Å². The lowest BCUT2D eigenvalue weighted by atomic mass is 9.96. The Hall–Kier alpha value is -2.47. The van der Waals surface area contributed by atoms with Crippen molar-refractivity contribution in [2.24, 2.45) is 5.41 Å². The molecule has 1 aromatic heterocycles. The number of carbonyl (C=O) groups excluding carboxylic acids is 2. The van der Waals surface area contributed by atoms with Crippen LogP contribution in [0.3, 0.4) is 0 Å². The van der Waals surface area contributed by atoms with Crippen LogP contribution in [0, 0.1) is 11.2 Å². The molecule has 2 rings (SSSR count). The molecule has 5 nitrogen and oxygen atoms in total. The highest BCUT2D eigenvalue weighted by atomic mass is 35.5. The molecule has 1 heterocycles. The van der Waals surface area contributed by atoms with Crippen molar-refractivity contribution < 1.29 is 14.0 Å². The Morgan fingerprint density at radius 3 is 2.48 bits per heavy atom. The van der Waals surface area contributed by atoms with E-state index in [4.69, 9.17) is 11.6 Å². The van der Waals surface area contributed by atoms with E-state index in [9.17, 15) is 14.0 Å². The van der Waals surface area contributed by atoms with E-state index in [1.165, 1.54) is 30.5 Å². The second-order valence-corrected chi connectivity index (χ2v) is 6.93. The maximum absolute atomic E-state index is 13.7. The number of amides is 2. The van der Waals surface area contributed by atoms with Crippen LogP contribution in [-0.4, -0.2) is 16.8 Å². The third kappa shape index (κ3) is 5.00. The molecule has 2 amide bonds. The lowest BCUT2D eigenvalue weighted by molar-refractivity contribution is -0.123. The highest BCUT2D eigenvalue weighted by Crippen LogP contribution is 2.19. The summed E-state index contributed by atoms with van der Waals surface area (Å²) in [5, 5.41) is 5.51. The van der Waals surface area contributed by atoms with E-state index in [1.54, 1.807) is 26.8 Å².